The molecule has 1 amide bonds. The van der Waals surface area contributed by atoms with Crippen molar-refractivity contribution < 1.29 is 4.79 Å². The SMILES string of the molecule is Cc1cc(-c2cc(C(=O)N(Cc3ccccn3)C3CC3)c3cnn(C(C)C)c3n2)c(C)s1. The summed E-state index contributed by atoms with van der Waals surface area (Å²) in [5.41, 5.74) is 4.25. The second-order valence-electron chi connectivity index (χ2n) is 8.79. The third kappa shape index (κ3) is 3.81. The molecule has 4 aromatic rings. The lowest BCUT2D eigenvalue weighted by Crippen LogP contribution is -2.33. The second kappa shape index (κ2) is 8.13. The molecular weight excluding hydrogens is 418 g/mol. The van der Waals surface area contributed by atoms with Crippen LogP contribution >= 0.6 is 11.3 Å². The van der Waals surface area contributed by atoms with Gasteiger partial charge in [0, 0.05) is 33.6 Å². The summed E-state index contributed by atoms with van der Waals surface area (Å²) in [4.78, 5) is 27.8. The Morgan fingerprint density at radius 1 is 1.25 bits per heavy atom. The van der Waals surface area contributed by atoms with E-state index >= 15 is 0 Å². The number of amides is 1. The zero-order valence-corrected chi connectivity index (χ0v) is 19.7. The summed E-state index contributed by atoms with van der Waals surface area (Å²) < 4.78 is 1.91. The van der Waals surface area contributed by atoms with Crippen LogP contribution in [0.25, 0.3) is 22.3 Å². The number of nitrogens with zero attached hydrogens (tertiary/aromatic N) is 5. The van der Waals surface area contributed by atoms with Crippen molar-refractivity contribution in [1.29, 1.82) is 0 Å². The lowest BCUT2D eigenvalue weighted by molar-refractivity contribution is 0.0729. The van der Waals surface area contributed by atoms with Gasteiger partial charge in [0.1, 0.15) is 0 Å². The fourth-order valence-corrected chi connectivity index (χ4v) is 5.10. The number of thiophene rings is 1. The van der Waals surface area contributed by atoms with Crippen molar-refractivity contribution in [3.05, 3.63) is 63.7 Å². The molecule has 0 unspecified atom stereocenters. The van der Waals surface area contributed by atoms with Crippen molar-refractivity contribution in [3.8, 4) is 11.3 Å². The van der Waals surface area contributed by atoms with Gasteiger partial charge in [0.25, 0.3) is 5.91 Å². The minimum atomic E-state index is 0.0275. The average Bonchev–Trinajstić information content (AvgIpc) is 3.43. The van der Waals surface area contributed by atoms with Crippen molar-refractivity contribution in [1.82, 2.24) is 24.6 Å². The fraction of sp³-hybridized carbons (Fsp3) is 0.360. The monoisotopic (exact) mass is 445 g/mol. The van der Waals surface area contributed by atoms with Gasteiger partial charge in [0.15, 0.2) is 5.65 Å². The summed E-state index contributed by atoms with van der Waals surface area (Å²) >= 11 is 1.75. The maximum atomic E-state index is 13.9. The van der Waals surface area contributed by atoms with Gasteiger partial charge < -0.3 is 4.90 Å². The van der Waals surface area contributed by atoms with Crippen LogP contribution in [0.2, 0.25) is 0 Å². The van der Waals surface area contributed by atoms with Gasteiger partial charge in [0.05, 0.1) is 35.1 Å². The Morgan fingerprint density at radius 3 is 2.69 bits per heavy atom. The predicted octanol–water partition coefficient (Wildman–Crippen LogP) is 5.56. The summed E-state index contributed by atoms with van der Waals surface area (Å²) in [7, 11) is 0. The van der Waals surface area contributed by atoms with Crippen LogP contribution in [-0.4, -0.2) is 36.6 Å². The Balaban J connectivity index is 1.64. The summed E-state index contributed by atoms with van der Waals surface area (Å²) in [6.45, 7) is 8.89. The summed E-state index contributed by atoms with van der Waals surface area (Å²) in [6.07, 6.45) is 5.64. The maximum Gasteiger partial charge on any atom is 0.255 e. The topological polar surface area (TPSA) is 63.9 Å². The zero-order valence-electron chi connectivity index (χ0n) is 18.9. The Hall–Kier alpha value is -3.06. The molecule has 1 aliphatic carbocycles. The van der Waals surface area contributed by atoms with Crippen LogP contribution in [-0.2, 0) is 6.54 Å². The van der Waals surface area contributed by atoms with E-state index < -0.39 is 0 Å². The van der Waals surface area contributed by atoms with Gasteiger partial charge in [-0.2, -0.15) is 5.10 Å². The van der Waals surface area contributed by atoms with Gasteiger partial charge in [-0.1, -0.05) is 6.07 Å². The summed E-state index contributed by atoms with van der Waals surface area (Å²) in [5.74, 6) is 0.0275. The van der Waals surface area contributed by atoms with E-state index in [1.807, 2.05) is 33.8 Å². The summed E-state index contributed by atoms with van der Waals surface area (Å²) in [6, 6.07) is 10.4. The van der Waals surface area contributed by atoms with Crippen LogP contribution in [0.1, 0.15) is 58.5 Å². The molecule has 0 saturated heterocycles. The highest BCUT2D eigenvalue weighted by atomic mass is 32.1. The number of carbonyl (C=O) groups is 1. The largest absolute Gasteiger partial charge is 0.330 e. The molecule has 0 radical (unpaired) electrons. The van der Waals surface area contributed by atoms with Crippen molar-refractivity contribution in [2.45, 2.75) is 59.2 Å². The smallest absolute Gasteiger partial charge is 0.255 e. The molecule has 7 heteroatoms. The standard InChI is InChI=1S/C25H27N5OS/c1-15(2)30-24-22(13-27-30)21(12-23(28-24)20-11-16(3)32-17(20)4)25(31)29(19-8-9-19)14-18-7-5-6-10-26-18/h5-7,10-13,15,19H,8-9,14H2,1-4H3. The molecular formula is C25H27N5OS. The first kappa shape index (κ1) is 20.8. The number of pyridine rings is 2. The van der Waals surface area contributed by atoms with E-state index in [4.69, 9.17) is 4.98 Å². The first-order valence-electron chi connectivity index (χ1n) is 11.1. The molecule has 1 fully saturated rings. The van der Waals surface area contributed by atoms with Crippen molar-refractivity contribution in [3.63, 3.8) is 0 Å². The predicted molar refractivity (Wildman–Crippen MR) is 128 cm³/mol. The number of hydrogen-bond donors (Lipinski definition) is 0. The molecule has 32 heavy (non-hydrogen) atoms. The molecule has 0 aliphatic heterocycles. The number of hydrogen-bond acceptors (Lipinski definition) is 5. The van der Waals surface area contributed by atoms with Crippen molar-refractivity contribution >= 4 is 28.3 Å². The van der Waals surface area contributed by atoms with Crippen LogP contribution < -0.4 is 0 Å². The average molecular weight is 446 g/mol. The van der Waals surface area contributed by atoms with Gasteiger partial charge in [-0.25, -0.2) is 9.67 Å². The number of carbonyl (C=O) groups excluding carboxylic acids is 1. The highest BCUT2D eigenvalue weighted by Gasteiger charge is 2.34. The molecule has 1 aliphatic rings. The van der Waals surface area contributed by atoms with Crippen LogP contribution in [0.4, 0.5) is 0 Å². The highest BCUT2D eigenvalue weighted by Crippen LogP contribution is 2.35. The number of fused-ring (bicyclic) bond motifs is 1. The van der Waals surface area contributed by atoms with Gasteiger partial charge >= 0.3 is 0 Å². The molecule has 4 aromatic heterocycles. The normalized spacial score (nSPS) is 13.8. The summed E-state index contributed by atoms with van der Waals surface area (Å²) in [5, 5.41) is 5.39. The van der Waals surface area contributed by atoms with Gasteiger partial charge in [-0.05, 0) is 64.8 Å². The van der Waals surface area contributed by atoms with E-state index in [9.17, 15) is 4.79 Å². The molecule has 5 rings (SSSR count). The first-order valence-corrected chi connectivity index (χ1v) is 11.9. The zero-order chi connectivity index (χ0) is 22.4. The first-order chi connectivity index (χ1) is 15.4. The molecule has 1 saturated carbocycles. The van der Waals surface area contributed by atoms with E-state index in [0.29, 0.717) is 12.1 Å². The van der Waals surface area contributed by atoms with Crippen LogP contribution in [0, 0.1) is 13.8 Å². The lowest BCUT2D eigenvalue weighted by atomic mass is 10.1. The van der Waals surface area contributed by atoms with Crippen LogP contribution in [0.5, 0.6) is 0 Å². The van der Waals surface area contributed by atoms with Crippen LogP contribution in [0.3, 0.4) is 0 Å². The number of aryl methyl sites for hydroxylation is 2. The maximum absolute atomic E-state index is 13.9. The Labute approximate surface area is 191 Å². The molecule has 0 bridgehead atoms. The molecule has 4 heterocycles. The van der Waals surface area contributed by atoms with Crippen LogP contribution in [0.15, 0.2) is 42.7 Å². The Kier molecular flexibility index (Phi) is 5.29. The minimum Gasteiger partial charge on any atom is -0.330 e. The Bertz CT molecular complexity index is 1290. The fourth-order valence-electron chi connectivity index (χ4n) is 4.17. The molecule has 0 spiro atoms. The molecule has 164 valence electrons. The minimum absolute atomic E-state index is 0.0275. The van der Waals surface area contributed by atoms with E-state index in [0.717, 1.165) is 40.8 Å². The highest BCUT2D eigenvalue weighted by molar-refractivity contribution is 7.12. The third-order valence-electron chi connectivity index (χ3n) is 5.91. The third-order valence-corrected chi connectivity index (χ3v) is 6.88. The van der Waals surface area contributed by atoms with Crippen molar-refractivity contribution in [2.75, 3.05) is 0 Å². The van der Waals surface area contributed by atoms with E-state index in [2.05, 4.69) is 43.8 Å². The molecule has 0 atom stereocenters. The van der Waals surface area contributed by atoms with Gasteiger partial charge in [0.2, 0.25) is 0 Å². The second-order valence-corrected chi connectivity index (χ2v) is 10.2. The lowest BCUT2D eigenvalue weighted by Gasteiger charge is -2.23. The number of rotatable bonds is 6. The van der Waals surface area contributed by atoms with Crippen molar-refractivity contribution in [2.24, 2.45) is 0 Å². The molecule has 0 N–H and O–H groups in total. The number of aromatic nitrogens is 4. The van der Waals surface area contributed by atoms with Gasteiger partial charge in [-0.3, -0.25) is 9.78 Å². The molecule has 6 nitrogen and oxygen atoms in total. The van der Waals surface area contributed by atoms with E-state index in [1.54, 1.807) is 23.7 Å². The van der Waals surface area contributed by atoms with Gasteiger partial charge in [-0.15, -0.1) is 11.3 Å². The quantitative estimate of drug-likeness (QED) is 0.390. The van der Waals surface area contributed by atoms with E-state index in [-0.39, 0.29) is 18.0 Å². The molecule has 0 aromatic carbocycles. The Morgan fingerprint density at radius 2 is 2.06 bits per heavy atom. The van der Waals surface area contributed by atoms with E-state index in [1.165, 1.54) is 9.75 Å².